The Bertz CT molecular complexity index is 622. The van der Waals surface area contributed by atoms with Crippen LogP contribution in [0.4, 0.5) is 8.78 Å². The zero-order chi connectivity index (χ0) is 13.4. The van der Waals surface area contributed by atoms with Gasteiger partial charge in [-0.1, -0.05) is 0 Å². The fourth-order valence-electron chi connectivity index (χ4n) is 2.38. The minimum absolute atomic E-state index is 0.206. The van der Waals surface area contributed by atoms with Crippen molar-refractivity contribution in [2.45, 2.75) is 25.7 Å². The lowest BCUT2D eigenvalue weighted by atomic mass is 9.98. The molecule has 0 spiro atoms. The number of hydrogen-bond donors (Lipinski definition) is 0. The summed E-state index contributed by atoms with van der Waals surface area (Å²) >= 11 is 1.48. The standard InChI is InChI=1S/C15H12F2OS/c16-11-6-5-10(7-12(11)17)15(18)14-8-9-3-1-2-4-13(9)19-14/h5-8H,1-4H2. The van der Waals surface area contributed by atoms with E-state index in [9.17, 15) is 13.6 Å². The molecule has 0 bridgehead atoms. The molecule has 0 radical (unpaired) electrons. The van der Waals surface area contributed by atoms with E-state index in [1.807, 2.05) is 6.07 Å². The molecule has 0 atom stereocenters. The van der Waals surface area contributed by atoms with E-state index in [0.717, 1.165) is 37.8 Å². The summed E-state index contributed by atoms with van der Waals surface area (Å²) < 4.78 is 26.0. The summed E-state index contributed by atoms with van der Waals surface area (Å²) in [6.07, 6.45) is 4.34. The van der Waals surface area contributed by atoms with Crippen LogP contribution in [-0.2, 0) is 12.8 Å². The van der Waals surface area contributed by atoms with Crippen molar-refractivity contribution in [3.05, 3.63) is 56.8 Å². The van der Waals surface area contributed by atoms with Crippen LogP contribution in [0, 0.1) is 11.6 Å². The van der Waals surface area contributed by atoms with Crippen molar-refractivity contribution >= 4 is 17.1 Å². The fourth-order valence-corrected chi connectivity index (χ4v) is 3.60. The molecule has 0 fully saturated rings. The van der Waals surface area contributed by atoms with Crippen LogP contribution in [0.5, 0.6) is 0 Å². The lowest BCUT2D eigenvalue weighted by molar-refractivity contribution is 0.104. The summed E-state index contributed by atoms with van der Waals surface area (Å²) in [6.45, 7) is 0. The maximum Gasteiger partial charge on any atom is 0.203 e. The Morgan fingerprint density at radius 1 is 1.05 bits per heavy atom. The number of hydrogen-bond acceptors (Lipinski definition) is 2. The van der Waals surface area contributed by atoms with Gasteiger partial charge in [0.15, 0.2) is 11.6 Å². The van der Waals surface area contributed by atoms with Crippen LogP contribution in [-0.4, -0.2) is 5.78 Å². The molecule has 0 saturated carbocycles. The molecule has 0 N–H and O–H groups in total. The highest BCUT2D eigenvalue weighted by atomic mass is 32.1. The molecular formula is C15H12F2OS. The Labute approximate surface area is 113 Å². The number of carbonyl (C=O) groups excluding carboxylic acids is 1. The topological polar surface area (TPSA) is 17.1 Å². The number of fused-ring (bicyclic) bond motifs is 1. The molecule has 0 amide bonds. The van der Waals surface area contributed by atoms with Gasteiger partial charge in [0.05, 0.1) is 4.88 Å². The second kappa shape index (κ2) is 4.85. The molecular weight excluding hydrogens is 266 g/mol. The molecule has 0 saturated heterocycles. The number of aryl methyl sites for hydroxylation is 2. The Hall–Kier alpha value is -1.55. The van der Waals surface area contributed by atoms with Gasteiger partial charge in [-0.25, -0.2) is 8.78 Å². The van der Waals surface area contributed by atoms with Crippen LogP contribution >= 0.6 is 11.3 Å². The molecule has 1 aromatic carbocycles. The second-order valence-electron chi connectivity index (χ2n) is 4.72. The molecule has 0 aliphatic heterocycles. The van der Waals surface area contributed by atoms with E-state index in [0.29, 0.717) is 4.88 Å². The molecule has 98 valence electrons. The highest BCUT2D eigenvalue weighted by molar-refractivity contribution is 7.14. The van der Waals surface area contributed by atoms with Gasteiger partial charge in [0, 0.05) is 10.4 Å². The lowest BCUT2D eigenvalue weighted by Gasteiger charge is -2.08. The fraction of sp³-hybridized carbons (Fsp3) is 0.267. The molecule has 1 nitrogen and oxygen atoms in total. The molecule has 2 aromatic rings. The average molecular weight is 278 g/mol. The summed E-state index contributed by atoms with van der Waals surface area (Å²) in [6, 6.07) is 5.20. The summed E-state index contributed by atoms with van der Waals surface area (Å²) in [4.78, 5) is 14.1. The number of halogens is 2. The third-order valence-corrected chi connectivity index (χ3v) is 4.64. The van der Waals surface area contributed by atoms with E-state index in [1.54, 1.807) is 0 Å². The van der Waals surface area contributed by atoms with E-state index in [-0.39, 0.29) is 11.3 Å². The zero-order valence-electron chi connectivity index (χ0n) is 10.2. The third kappa shape index (κ3) is 2.32. The first-order chi connectivity index (χ1) is 9.15. The number of thiophene rings is 1. The molecule has 19 heavy (non-hydrogen) atoms. The van der Waals surface area contributed by atoms with Crippen LogP contribution in [0.3, 0.4) is 0 Å². The normalized spacial score (nSPS) is 14.2. The number of ketones is 1. The Balaban J connectivity index is 1.95. The number of carbonyl (C=O) groups is 1. The Morgan fingerprint density at radius 3 is 2.58 bits per heavy atom. The third-order valence-electron chi connectivity index (χ3n) is 3.40. The van der Waals surface area contributed by atoms with Gasteiger partial charge in [0.1, 0.15) is 0 Å². The van der Waals surface area contributed by atoms with Crippen LogP contribution in [0.25, 0.3) is 0 Å². The van der Waals surface area contributed by atoms with Crippen molar-refractivity contribution in [3.63, 3.8) is 0 Å². The van der Waals surface area contributed by atoms with Gasteiger partial charge in [0.2, 0.25) is 5.78 Å². The summed E-state index contributed by atoms with van der Waals surface area (Å²) in [5.41, 5.74) is 1.44. The summed E-state index contributed by atoms with van der Waals surface area (Å²) in [5, 5.41) is 0. The molecule has 0 unspecified atom stereocenters. The predicted molar refractivity (Wildman–Crippen MR) is 70.8 cm³/mol. The Morgan fingerprint density at radius 2 is 1.84 bits per heavy atom. The highest BCUT2D eigenvalue weighted by Crippen LogP contribution is 2.31. The largest absolute Gasteiger partial charge is 0.288 e. The van der Waals surface area contributed by atoms with E-state index in [1.165, 1.54) is 27.8 Å². The van der Waals surface area contributed by atoms with Crippen LogP contribution in [0.1, 0.15) is 38.5 Å². The quantitative estimate of drug-likeness (QED) is 0.755. The smallest absolute Gasteiger partial charge is 0.203 e. The molecule has 1 aliphatic carbocycles. The summed E-state index contributed by atoms with van der Waals surface area (Å²) in [5.74, 6) is -2.13. The first-order valence-corrected chi connectivity index (χ1v) is 7.08. The van der Waals surface area contributed by atoms with Gasteiger partial charge in [-0.15, -0.1) is 11.3 Å². The SMILES string of the molecule is O=C(c1ccc(F)c(F)c1)c1cc2c(s1)CCCC2. The molecule has 1 aliphatic rings. The van der Waals surface area contributed by atoms with E-state index in [2.05, 4.69) is 0 Å². The van der Waals surface area contributed by atoms with Gasteiger partial charge in [-0.05, 0) is 55.5 Å². The highest BCUT2D eigenvalue weighted by Gasteiger charge is 2.19. The first kappa shape index (κ1) is 12.5. The van der Waals surface area contributed by atoms with Crippen LogP contribution in [0.15, 0.2) is 24.3 Å². The maximum atomic E-state index is 13.2. The number of benzene rings is 1. The van der Waals surface area contributed by atoms with Gasteiger partial charge >= 0.3 is 0 Å². The molecule has 1 aromatic heterocycles. The van der Waals surface area contributed by atoms with Gasteiger partial charge in [-0.2, -0.15) is 0 Å². The van der Waals surface area contributed by atoms with E-state index in [4.69, 9.17) is 0 Å². The van der Waals surface area contributed by atoms with E-state index < -0.39 is 11.6 Å². The molecule has 4 heteroatoms. The maximum absolute atomic E-state index is 13.2. The predicted octanol–water partition coefficient (Wildman–Crippen LogP) is 4.14. The van der Waals surface area contributed by atoms with Crippen molar-refractivity contribution < 1.29 is 13.6 Å². The molecule has 1 heterocycles. The van der Waals surface area contributed by atoms with Gasteiger partial charge < -0.3 is 0 Å². The Kier molecular flexibility index (Phi) is 3.19. The van der Waals surface area contributed by atoms with Crippen molar-refractivity contribution in [3.8, 4) is 0 Å². The lowest BCUT2D eigenvalue weighted by Crippen LogP contribution is -2.00. The summed E-state index contributed by atoms with van der Waals surface area (Å²) in [7, 11) is 0. The van der Waals surface area contributed by atoms with Crippen LogP contribution < -0.4 is 0 Å². The number of rotatable bonds is 2. The van der Waals surface area contributed by atoms with Gasteiger partial charge in [0.25, 0.3) is 0 Å². The van der Waals surface area contributed by atoms with Crippen LogP contribution in [0.2, 0.25) is 0 Å². The average Bonchev–Trinajstić information content (AvgIpc) is 2.85. The van der Waals surface area contributed by atoms with E-state index >= 15 is 0 Å². The zero-order valence-corrected chi connectivity index (χ0v) is 11.0. The monoisotopic (exact) mass is 278 g/mol. The second-order valence-corrected chi connectivity index (χ2v) is 5.86. The molecule has 3 rings (SSSR count). The first-order valence-electron chi connectivity index (χ1n) is 6.26. The minimum Gasteiger partial charge on any atom is -0.288 e. The van der Waals surface area contributed by atoms with Gasteiger partial charge in [-0.3, -0.25) is 4.79 Å². The van der Waals surface area contributed by atoms with Crippen molar-refractivity contribution in [1.82, 2.24) is 0 Å². The van der Waals surface area contributed by atoms with Crippen molar-refractivity contribution in [1.29, 1.82) is 0 Å². The van der Waals surface area contributed by atoms with Crippen molar-refractivity contribution in [2.75, 3.05) is 0 Å². The minimum atomic E-state index is -0.979. The van der Waals surface area contributed by atoms with Crippen molar-refractivity contribution in [2.24, 2.45) is 0 Å².